The molecule has 0 unspecified atom stereocenters. The van der Waals surface area contributed by atoms with E-state index in [2.05, 4.69) is 20.5 Å². The molecule has 0 atom stereocenters. The Hall–Kier alpha value is -3.22. The molecule has 0 saturated heterocycles. The lowest BCUT2D eigenvalue weighted by molar-refractivity contribution is 0.355. The Balaban J connectivity index is 1.60. The Morgan fingerprint density at radius 1 is 1.08 bits per heavy atom. The van der Waals surface area contributed by atoms with E-state index in [4.69, 9.17) is 15.2 Å². The fourth-order valence-electron chi connectivity index (χ4n) is 2.49. The molecule has 0 aliphatic heterocycles. The number of anilines is 2. The number of rotatable bonds is 7. The minimum atomic E-state index is 0.647. The summed E-state index contributed by atoms with van der Waals surface area (Å²) < 4.78 is 10.5. The van der Waals surface area contributed by atoms with Crippen LogP contribution in [0.3, 0.4) is 0 Å². The lowest BCUT2D eigenvalue weighted by atomic mass is 10.2. The number of hydrogen-bond donors (Lipinski definition) is 3. The van der Waals surface area contributed by atoms with Crippen LogP contribution in [0, 0.1) is 0 Å². The molecule has 3 aromatic rings. The van der Waals surface area contributed by atoms with Gasteiger partial charge in [-0.05, 0) is 24.3 Å². The van der Waals surface area contributed by atoms with Gasteiger partial charge in [0.1, 0.15) is 5.82 Å². The average molecular weight is 339 g/mol. The molecule has 0 spiro atoms. The molecule has 25 heavy (non-hydrogen) atoms. The van der Waals surface area contributed by atoms with E-state index in [-0.39, 0.29) is 0 Å². The molecule has 0 bridgehead atoms. The SMILES string of the molecule is COc1ccc(NCCc2nc(-c3cccc(N)c3)n[nH]2)cc1OC. The van der Waals surface area contributed by atoms with Gasteiger partial charge in [0.25, 0.3) is 0 Å². The first-order valence-electron chi connectivity index (χ1n) is 7.92. The van der Waals surface area contributed by atoms with Crippen LogP contribution in [0.5, 0.6) is 11.5 Å². The van der Waals surface area contributed by atoms with E-state index in [1.807, 2.05) is 42.5 Å². The number of nitrogens with zero attached hydrogens (tertiary/aromatic N) is 2. The quantitative estimate of drug-likeness (QED) is 0.573. The predicted octanol–water partition coefficient (Wildman–Crippen LogP) is 2.73. The van der Waals surface area contributed by atoms with Gasteiger partial charge in [-0.3, -0.25) is 5.10 Å². The number of hydrogen-bond acceptors (Lipinski definition) is 6. The third-order valence-corrected chi connectivity index (χ3v) is 3.75. The van der Waals surface area contributed by atoms with Crippen LogP contribution >= 0.6 is 0 Å². The highest BCUT2D eigenvalue weighted by Crippen LogP contribution is 2.29. The fourth-order valence-corrected chi connectivity index (χ4v) is 2.49. The monoisotopic (exact) mass is 339 g/mol. The maximum absolute atomic E-state index is 5.80. The Morgan fingerprint density at radius 2 is 1.92 bits per heavy atom. The Labute approximate surface area is 146 Å². The van der Waals surface area contributed by atoms with E-state index in [0.717, 1.165) is 17.1 Å². The number of H-pyrrole nitrogens is 1. The molecule has 2 aromatic carbocycles. The van der Waals surface area contributed by atoms with Crippen molar-refractivity contribution in [3.05, 3.63) is 48.3 Å². The van der Waals surface area contributed by atoms with Crippen molar-refractivity contribution < 1.29 is 9.47 Å². The van der Waals surface area contributed by atoms with Gasteiger partial charge in [0, 0.05) is 36.0 Å². The molecule has 7 heteroatoms. The topological polar surface area (TPSA) is 98.1 Å². The number of benzene rings is 2. The first-order chi connectivity index (χ1) is 12.2. The predicted molar refractivity (Wildman–Crippen MR) is 98.0 cm³/mol. The van der Waals surface area contributed by atoms with E-state index >= 15 is 0 Å². The molecular formula is C18H21N5O2. The van der Waals surface area contributed by atoms with Gasteiger partial charge in [-0.25, -0.2) is 4.98 Å². The molecule has 0 aliphatic rings. The number of nitrogen functional groups attached to an aromatic ring is 1. The lowest BCUT2D eigenvalue weighted by Crippen LogP contribution is -2.06. The first kappa shape index (κ1) is 16.6. The van der Waals surface area contributed by atoms with Gasteiger partial charge in [0.15, 0.2) is 17.3 Å². The van der Waals surface area contributed by atoms with Crippen molar-refractivity contribution in [2.75, 3.05) is 31.8 Å². The van der Waals surface area contributed by atoms with Gasteiger partial charge in [-0.2, -0.15) is 5.10 Å². The van der Waals surface area contributed by atoms with Crippen LogP contribution in [0.15, 0.2) is 42.5 Å². The highest BCUT2D eigenvalue weighted by atomic mass is 16.5. The van der Waals surface area contributed by atoms with Crippen molar-refractivity contribution in [1.29, 1.82) is 0 Å². The van der Waals surface area contributed by atoms with Crippen LogP contribution in [-0.4, -0.2) is 35.9 Å². The van der Waals surface area contributed by atoms with Crippen LogP contribution < -0.4 is 20.5 Å². The second-order valence-electron chi connectivity index (χ2n) is 5.48. The van der Waals surface area contributed by atoms with E-state index < -0.39 is 0 Å². The van der Waals surface area contributed by atoms with Crippen molar-refractivity contribution in [1.82, 2.24) is 15.2 Å². The molecular weight excluding hydrogens is 318 g/mol. The van der Waals surface area contributed by atoms with Crippen molar-refractivity contribution in [2.24, 2.45) is 0 Å². The Morgan fingerprint density at radius 3 is 2.68 bits per heavy atom. The first-order valence-corrected chi connectivity index (χ1v) is 7.92. The number of nitrogens with one attached hydrogen (secondary N) is 2. The largest absolute Gasteiger partial charge is 0.493 e. The van der Waals surface area contributed by atoms with Crippen LogP contribution in [-0.2, 0) is 6.42 Å². The van der Waals surface area contributed by atoms with Crippen molar-refractivity contribution in [2.45, 2.75) is 6.42 Å². The van der Waals surface area contributed by atoms with E-state index in [1.165, 1.54) is 0 Å². The van der Waals surface area contributed by atoms with E-state index in [0.29, 0.717) is 36.0 Å². The Kier molecular flexibility index (Phi) is 5.03. The van der Waals surface area contributed by atoms with Gasteiger partial charge in [0.05, 0.1) is 14.2 Å². The minimum Gasteiger partial charge on any atom is -0.493 e. The van der Waals surface area contributed by atoms with Gasteiger partial charge in [0.2, 0.25) is 0 Å². The maximum Gasteiger partial charge on any atom is 0.181 e. The second-order valence-corrected chi connectivity index (χ2v) is 5.48. The molecule has 4 N–H and O–H groups in total. The summed E-state index contributed by atoms with van der Waals surface area (Å²) in [6, 6.07) is 13.2. The van der Waals surface area contributed by atoms with Gasteiger partial charge < -0.3 is 20.5 Å². The van der Waals surface area contributed by atoms with Crippen LogP contribution in [0.1, 0.15) is 5.82 Å². The number of aromatic amines is 1. The summed E-state index contributed by atoms with van der Waals surface area (Å²) in [5, 5.41) is 10.5. The summed E-state index contributed by atoms with van der Waals surface area (Å²) in [5.74, 6) is 2.85. The van der Waals surface area contributed by atoms with E-state index in [9.17, 15) is 0 Å². The average Bonchev–Trinajstić information content (AvgIpc) is 3.10. The number of aromatic nitrogens is 3. The molecule has 7 nitrogen and oxygen atoms in total. The van der Waals surface area contributed by atoms with Crippen molar-refractivity contribution in [3.8, 4) is 22.9 Å². The number of nitrogens with two attached hydrogens (primary N) is 1. The zero-order valence-corrected chi connectivity index (χ0v) is 14.2. The summed E-state index contributed by atoms with van der Waals surface area (Å²) >= 11 is 0. The van der Waals surface area contributed by atoms with Gasteiger partial charge >= 0.3 is 0 Å². The molecule has 1 heterocycles. The summed E-state index contributed by atoms with van der Waals surface area (Å²) in [7, 11) is 3.24. The summed E-state index contributed by atoms with van der Waals surface area (Å²) in [6.07, 6.45) is 0.712. The standard InChI is InChI=1S/C18H21N5O2/c1-24-15-7-6-14(11-16(15)25-2)20-9-8-17-21-18(23-22-17)12-4-3-5-13(19)10-12/h3-7,10-11,20H,8-9,19H2,1-2H3,(H,21,22,23). The molecule has 0 fully saturated rings. The molecule has 0 saturated carbocycles. The normalized spacial score (nSPS) is 10.5. The van der Waals surface area contributed by atoms with Gasteiger partial charge in [-0.1, -0.05) is 12.1 Å². The van der Waals surface area contributed by atoms with Crippen molar-refractivity contribution in [3.63, 3.8) is 0 Å². The van der Waals surface area contributed by atoms with Gasteiger partial charge in [-0.15, -0.1) is 0 Å². The zero-order valence-electron chi connectivity index (χ0n) is 14.2. The Bertz CT molecular complexity index is 847. The summed E-state index contributed by atoms with van der Waals surface area (Å²) in [6.45, 7) is 0.709. The molecule has 0 amide bonds. The lowest BCUT2D eigenvalue weighted by Gasteiger charge is -2.10. The molecule has 0 aliphatic carbocycles. The minimum absolute atomic E-state index is 0.647. The maximum atomic E-state index is 5.80. The molecule has 0 radical (unpaired) electrons. The fraction of sp³-hybridized carbons (Fsp3) is 0.222. The highest BCUT2D eigenvalue weighted by molar-refractivity contribution is 5.60. The third kappa shape index (κ3) is 4.00. The number of methoxy groups -OCH3 is 2. The zero-order chi connectivity index (χ0) is 17.6. The number of ether oxygens (including phenoxy) is 2. The van der Waals surface area contributed by atoms with Crippen LogP contribution in [0.2, 0.25) is 0 Å². The van der Waals surface area contributed by atoms with Crippen LogP contribution in [0.4, 0.5) is 11.4 Å². The third-order valence-electron chi connectivity index (χ3n) is 3.75. The van der Waals surface area contributed by atoms with Crippen LogP contribution in [0.25, 0.3) is 11.4 Å². The van der Waals surface area contributed by atoms with E-state index in [1.54, 1.807) is 14.2 Å². The molecule has 3 rings (SSSR count). The summed E-state index contributed by atoms with van der Waals surface area (Å²) in [4.78, 5) is 4.51. The highest BCUT2D eigenvalue weighted by Gasteiger charge is 2.07. The smallest absolute Gasteiger partial charge is 0.181 e. The summed E-state index contributed by atoms with van der Waals surface area (Å²) in [5.41, 5.74) is 8.34. The second kappa shape index (κ2) is 7.57. The molecule has 1 aromatic heterocycles. The van der Waals surface area contributed by atoms with Crippen molar-refractivity contribution >= 4 is 11.4 Å². The molecule has 130 valence electrons.